The van der Waals surface area contributed by atoms with E-state index >= 15 is 0 Å². The van der Waals surface area contributed by atoms with Gasteiger partial charge in [-0.15, -0.1) is 0 Å². The normalized spacial score (nSPS) is 12.1. The van der Waals surface area contributed by atoms with Gasteiger partial charge in [0.2, 0.25) is 0 Å². The minimum absolute atomic E-state index is 0.0228. The Bertz CT molecular complexity index is 985. The maximum Gasteiger partial charge on any atom is 0.338 e. The predicted molar refractivity (Wildman–Crippen MR) is 101 cm³/mol. The zero-order valence-electron chi connectivity index (χ0n) is 14.4. The number of nitrogens with zero attached hydrogens (tertiary/aromatic N) is 3. The topological polar surface area (TPSA) is 100 Å². The van der Waals surface area contributed by atoms with Gasteiger partial charge in [-0.05, 0) is 30.3 Å². The molecule has 3 rings (SSSR count). The Morgan fingerprint density at radius 2 is 2.07 bits per heavy atom. The van der Waals surface area contributed by atoms with Crippen molar-refractivity contribution in [1.82, 2.24) is 20.3 Å². The van der Waals surface area contributed by atoms with Crippen LogP contribution in [0.15, 0.2) is 36.8 Å². The van der Waals surface area contributed by atoms with Crippen molar-refractivity contribution in [3.05, 3.63) is 58.8 Å². The van der Waals surface area contributed by atoms with Gasteiger partial charge in [-0.25, -0.2) is 19.2 Å². The lowest BCUT2D eigenvalue weighted by atomic mass is 10.1. The molecule has 0 spiro atoms. The van der Waals surface area contributed by atoms with Gasteiger partial charge in [0, 0.05) is 12.7 Å². The number of fused-ring (bicyclic) bond motifs is 1. The fourth-order valence-electron chi connectivity index (χ4n) is 2.68. The van der Waals surface area contributed by atoms with E-state index < -0.39 is 11.8 Å². The van der Waals surface area contributed by atoms with E-state index in [1.807, 2.05) is 6.92 Å². The van der Waals surface area contributed by atoms with Crippen LogP contribution in [0.1, 0.15) is 28.9 Å². The highest BCUT2D eigenvalue weighted by molar-refractivity contribution is 6.30. The number of aromatic nitrogens is 3. The lowest BCUT2D eigenvalue weighted by molar-refractivity contribution is 0.0698. The van der Waals surface area contributed by atoms with Crippen LogP contribution in [0.2, 0.25) is 5.02 Å². The number of nitrogens with one attached hydrogen (secondary N) is 2. The molecule has 0 aliphatic rings. The zero-order valence-corrected chi connectivity index (χ0v) is 15.2. The van der Waals surface area contributed by atoms with Crippen LogP contribution in [0.25, 0.3) is 11.0 Å². The van der Waals surface area contributed by atoms with E-state index in [-0.39, 0.29) is 22.1 Å². The van der Waals surface area contributed by atoms with Crippen molar-refractivity contribution in [3.63, 3.8) is 0 Å². The van der Waals surface area contributed by atoms with Gasteiger partial charge in [0.05, 0.1) is 16.6 Å². The van der Waals surface area contributed by atoms with Crippen molar-refractivity contribution < 1.29 is 14.3 Å². The first-order valence-corrected chi connectivity index (χ1v) is 8.64. The Labute approximate surface area is 159 Å². The van der Waals surface area contributed by atoms with Crippen LogP contribution < -0.4 is 10.6 Å². The highest BCUT2D eigenvalue weighted by atomic mass is 35.5. The second-order valence-corrected chi connectivity index (χ2v) is 6.17. The van der Waals surface area contributed by atoms with Gasteiger partial charge >= 0.3 is 5.97 Å². The van der Waals surface area contributed by atoms with Crippen LogP contribution in [0.4, 0.5) is 10.2 Å². The van der Waals surface area contributed by atoms with Gasteiger partial charge in [-0.1, -0.05) is 24.6 Å². The van der Waals surface area contributed by atoms with Gasteiger partial charge in [0.15, 0.2) is 5.82 Å². The van der Waals surface area contributed by atoms with Crippen molar-refractivity contribution >= 4 is 34.4 Å². The van der Waals surface area contributed by atoms with Crippen LogP contribution in [0.5, 0.6) is 0 Å². The Balaban J connectivity index is 2.02. The van der Waals surface area contributed by atoms with Gasteiger partial charge < -0.3 is 15.7 Å². The number of halogens is 2. The summed E-state index contributed by atoms with van der Waals surface area (Å²) in [6.07, 6.45) is 2.68. The van der Waals surface area contributed by atoms with Crippen LogP contribution in [-0.4, -0.2) is 39.1 Å². The average Bonchev–Trinajstić information content (AvgIpc) is 2.66. The molecule has 3 N–H and O–H groups in total. The molecule has 2 aromatic heterocycles. The third kappa shape index (κ3) is 4.12. The molecule has 1 aromatic carbocycles. The summed E-state index contributed by atoms with van der Waals surface area (Å²) in [5, 5.41) is 15.8. The van der Waals surface area contributed by atoms with Crippen molar-refractivity contribution in [3.8, 4) is 0 Å². The van der Waals surface area contributed by atoms with E-state index in [4.69, 9.17) is 11.6 Å². The Morgan fingerprint density at radius 3 is 2.78 bits per heavy atom. The van der Waals surface area contributed by atoms with Gasteiger partial charge in [-0.2, -0.15) is 0 Å². The maximum absolute atomic E-state index is 13.5. The van der Waals surface area contributed by atoms with Crippen LogP contribution >= 0.6 is 11.6 Å². The molecule has 140 valence electrons. The predicted octanol–water partition coefficient (Wildman–Crippen LogP) is 3.28. The molecule has 1 atom stereocenters. The lowest BCUT2D eigenvalue weighted by Gasteiger charge is -2.21. The first-order chi connectivity index (χ1) is 13.0. The van der Waals surface area contributed by atoms with E-state index in [9.17, 15) is 14.3 Å². The fraction of sp³-hybridized carbons (Fsp3) is 0.222. The largest absolute Gasteiger partial charge is 0.478 e. The number of rotatable bonds is 7. The molecule has 9 heteroatoms. The maximum atomic E-state index is 13.5. The number of carbonyl (C=O) groups is 1. The number of aromatic carboxylic acids is 1. The summed E-state index contributed by atoms with van der Waals surface area (Å²) in [5.74, 6) is -1.21. The molecule has 0 aliphatic heterocycles. The van der Waals surface area contributed by atoms with E-state index in [0.717, 1.165) is 12.1 Å². The van der Waals surface area contributed by atoms with Crippen molar-refractivity contribution in [2.24, 2.45) is 0 Å². The second kappa shape index (κ2) is 8.24. The fourth-order valence-corrected chi connectivity index (χ4v) is 2.87. The molecule has 27 heavy (non-hydrogen) atoms. The molecular weight excluding hydrogens is 373 g/mol. The van der Waals surface area contributed by atoms with Gasteiger partial charge in [0.25, 0.3) is 0 Å². The van der Waals surface area contributed by atoms with Crippen molar-refractivity contribution in [2.75, 3.05) is 18.4 Å². The van der Waals surface area contributed by atoms with Crippen LogP contribution in [0, 0.1) is 5.82 Å². The standard InChI is InChI=1S/C18H17ClFN5O2/c1-2-21-8-14(10-3-4-13(20)12(19)7-10)25-17-16-15(23-9-24-17)11(18(26)27)5-6-22-16/h3-7,9,14,21H,2,8H2,1H3,(H,26,27)(H,23,24,25)/t14-/m1/s1. The van der Waals surface area contributed by atoms with Gasteiger partial charge in [-0.3, -0.25) is 4.98 Å². The van der Waals surface area contributed by atoms with E-state index in [1.54, 1.807) is 12.1 Å². The summed E-state index contributed by atoms with van der Waals surface area (Å²) < 4.78 is 13.5. The Kier molecular flexibility index (Phi) is 5.78. The van der Waals surface area contributed by atoms with E-state index in [0.29, 0.717) is 17.9 Å². The van der Waals surface area contributed by atoms with Crippen LogP contribution in [0.3, 0.4) is 0 Å². The summed E-state index contributed by atoms with van der Waals surface area (Å²) in [5.41, 5.74) is 1.37. The molecule has 0 unspecified atom stereocenters. The highest BCUT2D eigenvalue weighted by Crippen LogP contribution is 2.26. The van der Waals surface area contributed by atoms with E-state index in [1.165, 1.54) is 24.7 Å². The zero-order chi connectivity index (χ0) is 19.4. The first kappa shape index (κ1) is 18.9. The molecule has 0 aliphatic carbocycles. The Hall–Kier alpha value is -2.84. The van der Waals surface area contributed by atoms with Crippen LogP contribution in [-0.2, 0) is 0 Å². The molecule has 0 radical (unpaired) electrons. The van der Waals surface area contributed by atoms with Crippen molar-refractivity contribution in [2.45, 2.75) is 13.0 Å². The summed E-state index contributed by atoms with van der Waals surface area (Å²) in [7, 11) is 0. The minimum atomic E-state index is -1.10. The number of hydrogen-bond donors (Lipinski definition) is 3. The molecule has 0 saturated carbocycles. The average molecular weight is 390 g/mol. The molecule has 3 aromatic rings. The summed E-state index contributed by atoms with van der Waals surface area (Å²) in [6, 6.07) is 5.58. The molecule has 0 amide bonds. The number of hydrogen-bond acceptors (Lipinski definition) is 6. The van der Waals surface area contributed by atoms with E-state index in [2.05, 4.69) is 25.6 Å². The number of carboxylic acid groups (broad SMARTS) is 1. The molecule has 7 nitrogen and oxygen atoms in total. The summed E-state index contributed by atoms with van der Waals surface area (Å²) >= 11 is 5.92. The summed E-state index contributed by atoms with van der Waals surface area (Å²) in [4.78, 5) is 23.9. The monoisotopic (exact) mass is 389 g/mol. The number of anilines is 1. The number of benzene rings is 1. The number of pyridine rings is 1. The molecular formula is C18H17ClFN5O2. The smallest absolute Gasteiger partial charge is 0.338 e. The molecule has 2 heterocycles. The highest BCUT2D eigenvalue weighted by Gasteiger charge is 2.18. The number of likely N-dealkylation sites (N-methyl/N-ethyl adjacent to an activating group) is 1. The third-order valence-electron chi connectivity index (χ3n) is 4.01. The molecule has 0 fully saturated rings. The quantitative estimate of drug-likeness (QED) is 0.570. The molecule has 0 bridgehead atoms. The Morgan fingerprint density at radius 1 is 1.26 bits per heavy atom. The SMILES string of the molecule is CCNC[C@@H](Nc1ncnc2c(C(=O)O)ccnc12)c1ccc(F)c(Cl)c1. The number of carboxylic acids is 1. The second-order valence-electron chi connectivity index (χ2n) is 5.76. The van der Waals surface area contributed by atoms with Gasteiger partial charge in [0.1, 0.15) is 23.2 Å². The minimum Gasteiger partial charge on any atom is -0.478 e. The summed E-state index contributed by atoms with van der Waals surface area (Å²) in [6.45, 7) is 3.22. The lowest BCUT2D eigenvalue weighted by Crippen LogP contribution is -2.27. The molecule has 0 saturated heterocycles. The van der Waals surface area contributed by atoms with Crippen molar-refractivity contribution in [1.29, 1.82) is 0 Å². The third-order valence-corrected chi connectivity index (χ3v) is 4.30. The first-order valence-electron chi connectivity index (χ1n) is 8.26.